The zero-order valence-electron chi connectivity index (χ0n) is 5.85. The maximum absolute atomic E-state index is 5.27. The molecule has 0 aromatic rings. The fraction of sp³-hybridized carbons (Fsp3) is 0.571. The van der Waals surface area contributed by atoms with Gasteiger partial charge in [0.25, 0.3) is 0 Å². The van der Waals surface area contributed by atoms with Gasteiger partial charge in [0.05, 0.1) is 6.54 Å². The van der Waals surface area contributed by atoms with Crippen LogP contribution in [0.3, 0.4) is 0 Å². The van der Waals surface area contributed by atoms with Crippen molar-refractivity contribution in [2.45, 2.75) is 20.0 Å². The Labute approximate surface area is 55.2 Å². The molecule has 0 aromatic carbocycles. The molecule has 1 aliphatic heterocycles. The van der Waals surface area contributed by atoms with E-state index in [1.54, 1.807) is 0 Å². The second-order valence-corrected chi connectivity index (χ2v) is 2.35. The Kier molecular flexibility index (Phi) is 1.56. The lowest BCUT2D eigenvalue weighted by Crippen LogP contribution is -2.07. The Hall–Kier alpha value is -0.790. The molecular weight excluding hydrogens is 114 g/mol. The van der Waals surface area contributed by atoms with Gasteiger partial charge in [-0.3, -0.25) is 0 Å². The zero-order chi connectivity index (χ0) is 6.85. The molecule has 0 saturated carbocycles. The third kappa shape index (κ3) is 1.31. The third-order valence-corrected chi connectivity index (χ3v) is 1.17. The lowest BCUT2D eigenvalue weighted by Gasteiger charge is -2.03. The molecule has 9 heavy (non-hydrogen) atoms. The van der Waals surface area contributed by atoms with Crippen LogP contribution < -0.4 is 0 Å². The first-order valence-electron chi connectivity index (χ1n) is 3.07. The van der Waals surface area contributed by atoms with Gasteiger partial charge in [0.1, 0.15) is 6.10 Å². The molecule has 1 atom stereocenters. The van der Waals surface area contributed by atoms with Crippen LogP contribution in [-0.2, 0) is 4.74 Å². The van der Waals surface area contributed by atoms with E-state index in [4.69, 9.17) is 4.74 Å². The zero-order valence-corrected chi connectivity index (χ0v) is 5.85. The van der Waals surface area contributed by atoms with E-state index >= 15 is 0 Å². The van der Waals surface area contributed by atoms with Gasteiger partial charge in [0.2, 0.25) is 5.90 Å². The quantitative estimate of drug-likeness (QED) is 0.518. The SMILES string of the molecule is C=C(C)C1=NCC(C)O1. The molecule has 0 aromatic heterocycles. The summed E-state index contributed by atoms with van der Waals surface area (Å²) in [5, 5.41) is 0. The molecule has 0 N–H and O–H groups in total. The summed E-state index contributed by atoms with van der Waals surface area (Å²) < 4.78 is 5.27. The van der Waals surface area contributed by atoms with Crippen molar-refractivity contribution in [3.8, 4) is 0 Å². The van der Waals surface area contributed by atoms with Crippen LogP contribution in [0.2, 0.25) is 0 Å². The van der Waals surface area contributed by atoms with E-state index in [2.05, 4.69) is 11.6 Å². The summed E-state index contributed by atoms with van der Waals surface area (Å²) in [6, 6.07) is 0. The molecule has 2 nitrogen and oxygen atoms in total. The van der Waals surface area contributed by atoms with Gasteiger partial charge in [-0.15, -0.1) is 0 Å². The number of aliphatic imine (C=N–C) groups is 1. The van der Waals surface area contributed by atoms with Crippen molar-refractivity contribution in [1.82, 2.24) is 0 Å². The topological polar surface area (TPSA) is 21.6 Å². The van der Waals surface area contributed by atoms with E-state index in [1.165, 1.54) is 0 Å². The molecule has 50 valence electrons. The van der Waals surface area contributed by atoms with Gasteiger partial charge in [0.15, 0.2) is 0 Å². The molecule has 1 aliphatic rings. The number of ether oxygens (including phenoxy) is 1. The van der Waals surface area contributed by atoms with E-state index in [9.17, 15) is 0 Å². The van der Waals surface area contributed by atoms with Crippen LogP contribution >= 0.6 is 0 Å². The second kappa shape index (κ2) is 2.21. The summed E-state index contributed by atoms with van der Waals surface area (Å²) in [4.78, 5) is 4.11. The molecule has 0 saturated heterocycles. The van der Waals surface area contributed by atoms with Crippen LogP contribution in [0.25, 0.3) is 0 Å². The summed E-state index contributed by atoms with van der Waals surface area (Å²) in [5.74, 6) is 0.725. The van der Waals surface area contributed by atoms with Crippen molar-refractivity contribution >= 4 is 5.90 Å². The van der Waals surface area contributed by atoms with Crippen LogP contribution in [0.15, 0.2) is 17.1 Å². The minimum atomic E-state index is 0.247. The van der Waals surface area contributed by atoms with Gasteiger partial charge < -0.3 is 4.74 Å². The molecule has 1 unspecified atom stereocenters. The maximum atomic E-state index is 5.27. The van der Waals surface area contributed by atoms with Gasteiger partial charge in [-0.05, 0) is 13.8 Å². The van der Waals surface area contributed by atoms with Crippen molar-refractivity contribution in [2.24, 2.45) is 4.99 Å². The first-order chi connectivity index (χ1) is 4.20. The summed E-state index contributed by atoms with van der Waals surface area (Å²) in [5.41, 5.74) is 0.916. The first kappa shape index (κ1) is 6.33. The Morgan fingerprint density at radius 1 is 1.89 bits per heavy atom. The van der Waals surface area contributed by atoms with Crippen molar-refractivity contribution in [1.29, 1.82) is 0 Å². The Morgan fingerprint density at radius 3 is 2.78 bits per heavy atom. The van der Waals surface area contributed by atoms with Gasteiger partial charge in [-0.25, -0.2) is 4.99 Å². The van der Waals surface area contributed by atoms with E-state index < -0.39 is 0 Å². The average Bonchev–Trinajstić information content (AvgIpc) is 2.14. The minimum Gasteiger partial charge on any atom is -0.473 e. The summed E-state index contributed by atoms with van der Waals surface area (Å²) in [7, 11) is 0. The number of nitrogens with zero attached hydrogens (tertiary/aromatic N) is 1. The molecule has 1 heterocycles. The average molecular weight is 125 g/mol. The molecule has 2 heteroatoms. The smallest absolute Gasteiger partial charge is 0.211 e. The van der Waals surface area contributed by atoms with Gasteiger partial charge in [-0.2, -0.15) is 0 Å². The third-order valence-electron chi connectivity index (χ3n) is 1.17. The summed E-state index contributed by atoms with van der Waals surface area (Å²) in [6.07, 6.45) is 0.247. The van der Waals surface area contributed by atoms with Crippen LogP contribution in [-0.4, -0.2) is 18.5 Å². The van der Waals surface area contributed by atoms with Gasteiger partial charge in [0, 0.05) is 5.57 Å². The summed E-state index contributed by atoms with van der Waals surface area (Å²) >= 11 is 0. The molecule has 0 bridgehead atoms. The van der Waals surface area contributed by atoms with Crippen LogP contribution in [0.4, 0.5) is 0 Å². The fourth-order valence-corrected chi connectivity index (χ4v) is 0.712. The van der Waals surface area contributed by atoms with Crippen molar-refractivity contribution in [2.75, 3.05) is 6.54 Å². The normalized spacial score (nSPS) is 25.1. The highest BCUT2D eigenvalue weighted by molar-refractivity contribution is 5.93. The van der Waals surface area contributed by atoms with Crippen LogP contribution in [0, 0.1) is 0 Å². The molecule has 0 spiro atoms. The predicted octanol–water partition coefficient (Wildman–Crippen LogP) is 1.38. The molecule has 0 fully saturated rings. The molecular formula is C7H11NO. The number of hydrogen-bond acceptors (Lipinski definition) is 2. The Balaban J connectivity index is 2.55. The van der Waals surface area contributed by atoms with Crippen LogP contribution in [0.1, 0.15) is 13.8 Å². The minimum absolute atomic E-state index is 0.247. The highest BCUT2D eigenvalue weighted by atomic mass is 16.5. The highest BCUT2D eigenvalue weighted by Crippen LogP contribution is 2.07. The maximum Gasteiger partial charge on any atom is 0.211 e. The highest BCUT2D eigenvalue weighted by Gasteiger charge is 2.14. The van der Waals surface area contributed by atoms with E-state index in [0.29, 0.717) is 0 Å². The largest absolute Gasteiger partial charge is 0.473 e. The van der Waals surface area contributed by atoms with Crippen LogP contribution in [0.5, 0.6) is 0 Å². The predicted molar refractivity (Wildman–Crippen MR) is 37.7 cm³/mol. The second-order valence-electron chi connectivity index (χ2n) is 2.35. The Morgan fingerprint density at radius 2 is 2.56 bits per heavy atom. The summed E-state index contributed by atoms with van der Waals surface area (Å²) in [6.45, 7) is 8.39. The lowest BCUT2D eigenvalue weighted by atomic mass is 10.3. The van der Waals surface area contributed by atoms with E-state index in [0.717, 1.165) is 18.0 Å². The monoisotopic (exact) mass is 125 g/mol. The fourth-order valence-electron chi connectivity index (χ4n) is 0.712. The molecule has 0 amide bonds. The molecule has 1 rings (SSSR count). The van der Waals surface area contributed by atoms with Crippen molar-refractivity contribution in [3.63, 3.8) is 0 Å². The number of hydrogen-bond donors (Lipinski definition) is 0. The Bertz CT molecular complexity index is 160. The van der Waals surface area contributed by atoms with Crippen molar-refractivity contribution in [3.05, 3.63) is 12.2 Å². The van der Waals surface area contributed by atoms with E-state index in [1.807, 2.05) is 13.8 Å². The van der Waals surface area contributed by atoms with E-state index in [-0.39, 0.29) is 6.10 Å². The van der Waals surface area contributed by atoms with Crippen molar-refractivity contribution < 1.29 is 4.74 Å². The molecule has 0 aliphatic carbocycles. The lowest BCUT2D eigenvalue weighted by molar-refractivity contribution is 0.246. The number of rotatable bonds is 1. The van der Waals surface area contributed by atoms with Gasteiger partial charge >= 0.3 is 0 Å². The first-order valence-corrected chi connectivity index (χ1v) is 3.07. The van der Waals surface area contributed by atoms with Gasteiger partial charge in [-0.1, -0.05) is 6.58 Å². The standard InChI is InChI=1S/C7H11NO/c1-5(2)7-8-4-6(3)9-7/h6H,1,4H2,2-3H3. The molecule has 0 radical (unpaired) electrons.